The van der Waals surface area contributed by atoms with Crippen molar-refractivity contribution in [3.8, 4) is 11.3 Å². The smallest absolute Gasteiger partial charge is 0.342 e. The molecule has 2 aromatic carbocycles. The molecule has 2 aromatic heterocycles. The first-order valence-corrected chi connectivity index (χ1v) is 7.78. The Morgan fingerprint density at radius 2 is 1.91 bits per heavy atom. The molecule has 0 fully saturated rings. The SMILES string of the molecule is COC(=O)c1c(-c2ccsc2)oc2cc3ccccc3cc12. The highest BCUT2D eigenvalue weighted by molar-refractivity contribution is 7.08. The van der Waals surface area contributed by atoms with Crippen LogP contribution >= 0.6 is 11.3 Å². The summed E-state index contributed by atoms with van der Waals surface area (Å²) in [5, 5.41) is 6.85. The summed E-state index contributed by atoms with van der Waals surface area (Å²) in [6, 6.07) is 13.9. The summed E-state index contributed by atoms with van der Waals surface area (Å²) in [4.78, 5) is 12.3. The summed E-state index contributed by atoms with van der Waals surface area (Å²) < 4.78 is 10.9. The second-order valence-corrected chi connectivity index (χ2v) is 5.79. The van der Waals surface area contributed by atoms with E-state index >= 15 is 0 Å². The molecular formula is C18H12O3S. The summed E-state index contributed by atoms with van der Waals surface area (Å²) >= 11 is 1.56. The zero-order valence-electron chi connectivity index (χ0n) is 11.8. The molecule has 0 aliphatic heterocycles. The zero-order valence-corrected chi connectivity index (χ0v) is 12.6. The predicted molar refractivity (Wildman–Crippen MR) is 88.4 cm³/mol. The number of ether oxygens (including phenoxy) is 1. The van der Waals surface area contributed by atoms with E-state index < -0.39 is 0 Å². The monoisotopic (exact) mass is 308 g/mol. The van der Waals surface area contributed by atoms with Crippen molar-refractivity contribution in [1.82, 2.24) is 0 Å². The Bertz CT molecular complexity index is 980. The Balaban J connectivity index is 2.10. The van der Waals surface area contributed by atoms with E-state index in [0.29, 0.717) is 16.9 Å². The highest BCUT2D eigenvalue weighted by Crippen LogP contribution is 2.37. The minimum Gasteiger partial charge on any atom is -0.465 e. The Hall–Kier alpha value is -2.59. The van der Waals surface area contributed by atoms with Crippen LogP contribution in [0.2, 0.25) is 0 Å². The van der Waals surface area contributed by atoms with E-state index in [4.69, 9.17) is 9.15 Å². The van der Waals surface area contributed by atoms with Crippen molar-refractivity contribution in [1.29, 1.82) is 0 Å². The first kappa shape index (κ1) is 13.1. The molecule has 4 rings (SSSR count). The molecule has 0 aliphatic carbocycles. The second kappa shape index (κ2) is 5.00. The van der Waals surface area contributed by atoms with E-state index in [1.54, 1.807) is 11.3 Å². The van der Waals surface area contributed by atoms with Gasteiger partial charge in [0.15, 0.2) is 5.76 Å². The van der Waals surface area contributed by atoms with Crippen LogP contribution in [0.3, 0.4) is 0 Å². The van der Waals surface area contributed by atoms with Crippen LogP contribution in [-0.4, -0.2) is 13.1 Å². The van der Waals surface area contributed by atoms with Gasteiger partial charge in [-0.3, -0.25) is 0 Å². The molecular weight excluding hydrogens is 296 g/mol. The normalized spacial score (nSPS) is 11.1. The number of methoxy groups -OCH3 is 1. The average molecular weight is 308 g/mol. The van der Waals surface area contributed by atoms with E-state index in [1.807, 2.05) is 53.2 Å². The third-order valence-electron chi connectivity index (χ3n) is 3.73. The van der Waals surface area contributed by atoms with Crippen molar-refractivity contribution in [2.45, 2.75) is 0 Å². The van der Waals surface area contributed by atoms with E-state index in [1.165, 1.54) is 7.11 Å². The Morgan fingerprint density at radius 1 is 1.14 bits per heavy atom. The number of rotatable bonds is 2. The van der Waals surface area contributed by atoms with Gasteiger partial charge in [-0.15, -0.1) is 0 Å². The molecule has 22 heavy (non-hydrogen) atoms. The lowest BCUT2D eigenvalue weighted by Gasteiger charge is -2.00. The second-order valence-electron chi connectivity index (χ2n) is 5.01. The van der Waals surface area contributed by atoms with Crippen molar-refractivity contribution in [2.24, 2.45) is 0 Å². The predicted octanol–water partition coefficient (Wildman–Crippen LogP) is 5.10. The standard InChI is InChI=1S/C18H12O3S/c1-20-18(19)16-14-8-11-4-2-3-5-12(11)9-15(14)21-17(16)13-6-7-22-10-13/h2-10H,1H3. The fourth-order valence-electron chi connectivity index (χ4n) is 2.68. The molecule has 4 heteroatoms. The fourth-order valence-corrected chi connectivity index (χ4v) is 3.32. The fraction of sp³-hybridized carbons (Fsp3) is 0.0556. The van der Waals surface area contributed by atoms with Crippen LogP contribution in [0.4, 0.5) is 0 Å². The van der Waals surface area contributed by atoms with Crippen molar-refractivity contribution in [2.75, 3.05) is 7.11 Å². The van der Waals surface area contributed by atoms with Crippen LogP contribution in [-0.2, 0) is 4.74 Å². The highest BCUT2D eigenvalue weighted by Gasteiger charge is 2.23. The van der Waals surface area contributed by atoms with Gasteiger partial charge in [-0.1, -0.05) is 24.3 Å². The molecule has 0 unspecified atom stereocenters. The van der Waals surface area contributed by atoms with Crippen LogP contribution in [0.25, 0.3) is 33.1 Å². The van der Waals surface area contributed by atoms with Crippen molar-refractivity contribution in [3.05, 3.63) is 58.8 Å². The van der Waals surface area contributed by atoms with Gasteiger partial charge in [-0.2, -0.15) is 11.3 Å². The largest absolute Gasteiger partial charge is 0.465 e. The molecule has 0 bridgehead atoms. The maximum absolute atomic E-state index is 12.3. The zero-order chi connectivity index (χ0) is 15.1. The van der Waals surface area contributed by atoms with Crippen LogP contribution in [0.1, 0.15) is 10.4 Å². The quantitative estimate of drug-likeness (QED) is 0.484. The third-order valence-corrected chi connectivity index (χ3v) is 4.41. The summed E-state index contributed by atoms with van der Waals surface area (Å²) in [7, 11) is 1.39. The lowest BCUT2D eigenvalue weighted by atomic mass is 10.0. The van der Waals surface area contributed by atoms with Crippen molar-refractivity contribution < 1.29 is 13.9 Å². The molecule has 0 atom stereocenters. The molecule has 0 saturated carbocycles. The number of furan rings is 1. The van der Waals surface area contributed by atoms with E-state index in [0.717, 1.165) is 21.7 Å². The lowest BCUT2D eigenvalue weighted by Crippen LogP contribution is -2.01. The minimum absolute atomic E-state index is 0.379. The summed E-state index contributed by atoms with van der Waals surface area (Å²) in [5.74, 6) is 0.189. The first-order chi connectivity index (χ1) is 10.8. The van der Waals surface area contributed by atoms with Gasteiger partial charge >= 0.3 is 5.97 Å². The van der Waals surface area contributed by atoms with Crippen LogP contribution in [0, 0.1) is 0 Å². The van der Waals surface area contributed by atoms with Gasteiger partial charge in [-0.05, 0) is 34.4 Å². The maximum atomic E-state index is 12.3. The number of carbonyl (C=O) groups is 1. The van der Waals surface area contributed by atoms with E-state index in [9.17, 15) is 4.79 Å². The number of carbonyl (C=O) groups excluding carboxylic acids is 1. The third kappa shape index (κ3) is 1.92. The summed E-state index contributed by atoms with van der Waals surface area (Å²) in [5.41, 5.74) is 2.08. The number of hydrogen-bond acceptors (Lipinski definition) is 4. The van der Waals surface area contributed by atoms with E-state index in [2.05, 4.69) is 0 Å². The molecule has 0 spiro atoms. The molecule has 3 nitrogen and oxygen atoms in total. The molecule has 0 radical (unpaired) electrons. The van der Waals surface area contributed by atoms with Crippen LogP contribution < -0.4 is 0 Å². The first-order valence-electron chi connectivity index (χ1n) is 6.84. The average Bonchev–Trinajstić information content (AvgIpc) is 3.19. The number of esters is 1. The van der Waals surface area contributed by atoms with Gasteiger partial charge in [0.05, 0.1) is 7.11 Å². The highest BCUT2D eigenvalue weighted by atomic mass is 32.1. The van der Waals surface area contributed by atoms with Crippen molar-refractivity contribution in [3.63, 3.8) is 0 Å². The Kier molecular flexibility index (Phi) is 2.98. The van der Waals surface area contributed by atoms with Gasteiger partial charge in [0.1, 0.15) is 11.1 Å². The van der Waals surface area contributed by atoms with E-state index in [-0.39, 0.29) is 5.97 Å². The number of hydrogen-bond donors (Lipinski definition) is 0. The van der Waals surface area contributed by atoms with Gasteiger partial charge in [0.2, 0.25) is 0 Å². The van der Waals surface area contributed by atoms with Gasteiger partial charge in [0, 0.05) is 16.3 Å². The van der Waals surface area contributed by atoms with Gasteiger partial charge in [0.25, 0.3) is 0 Å². The number of thiophene rings is 1. The van der Waals surface area contributed by atoms with Gasteiger partial charge in [-0.25, -0.2) is 4.79 Å². The molecule has 0 amide bonds. The Morgan fingerprint density at radius 3 is 2.59 bits per heavy atom. The number of benzene rings is 2. The lowest BCUT2D eigenvalue weighted by molar-refractivity contribution is 0.0603. The minimum atomic E-state index is -0.379. The molecule has 0 aliphatic rings. The molecule has 4 aromatic rings. The van der Waals surface area contributed by atoms with Crippen LogP contribution in [0.5, 0.6) is 0 Å². The molecule has 2 heterocycles. The summed E-state index contributed by atoms with van der Waals surface area (Å²) in [6.07, 6.45) is 0. The van der Waals surface area contributed by atoms with Gasteiger partial charge < -0.3 is 9.15 Å². The summed E-state index contributed by atoms with van der Waals surface area (Å²) in [6.45, 7) is 0. The van der Waals surface area contributed by atoms with Crippen molar-refractivity contribution >= 4 is 39.0 Å². The number of fused-ring (bicyclic) bond motifs is 2. The molecule has 0 N–H and O–H groups in total. The van der Waals surface area contributed by atoms with Crippen LogP contribution in [0.15, 0.2) is 57.6 Å². The molecule has 0 saturated heterocycles. The Labute approximate surface area is 130 Å². The topological polar surface area (TPSA) is 39.4 Å². The molecule has 108 valence electrons. The maximum Gasteiger partial charge on any atom is 0.342 e.